The molecule has 0 aliphatic carbocycles. The lowest BCUT2D eigenvalue weighted by molar-refractivity contribution is 0.101. The van der Waals surface area contributed by atoms with E-state index in [1.54, 1.807) is 16.9 Å². The van der Waals surface area contributed by atoms with Gasteiger partial charge >= 0.3 is 0 Å². The van der Waals surface area contributed by atoms with Crippen LogP contribution in [0, 0.1) is 0 Å². The van der Waals surface area contributed by atoms with Crippen LogP contribution in [0.5, 0.6) is 0 Å². The van der Waals surface area contributed by atoms with E-state index in [0.29, 0.717) is 17.4 Å². The van der Waals surface area contributed by atoms with Gasteiger partial charge in [-0.25, -0.2) is 4.98 Å². The number of thiazole rings is 1. The van der Waals surface area contributed by atoms with Crippen LogP contribution in [0.1, 0.15) is 22.4 Å². The number of nitrogens with two attached hydrogens (primary N) is 1. The van der Waals surface area contributed by atoms with Gasteiger partial charge in [0.25, 0.3) is 0 Å². The largest absolute Gasteiger partial charge is 0.382 e. The summed E-state index contributed by atoms with van der Waals surface area (Å²) in [5.41, 5.74) is 6.31. The highest BCUT2D eigenvalue weighted by Crippen LogP contribution is 2.11. The lowest BCUT2D eigenvalue weighted by Gasteiger charge is -1.95. The molecule has 0 saturated heterocycles. The molecular formula is C9H10N4OS. The van der Waals surface area contributed by atoms with E-state index in [0.717, 1.165) is 5.69 Å². The van der Waals surface area contributed by atoms with Crippen LogP contribution in [-0.2, 0) is 6.54 Å². The molecule has 2 rings (SSSR count). The average Bonchev–Trinajstić information content (AvgIpc) is 2.76. The summed E-state index contributed by atoms with van der Waals surface area (Å²) < 4.78 is 1.69. The molecule has 0 amide bonds. The number of Topliss-reactive ketones (excluding diaryl/α,β-unsaturated/α-hetero) is 1. The fourth-order valence-corrected chi connectivity index (χ4v) is 1.88. The molecule has 5 nitrogen and oxygen atoms in total. The second kappa shape index (κ2) is 3.82. The highest BCUT2D eigenvalue weighted by Gasteiger charge is 2.06. The summed E-state index contributed by atoms with van der Waals surface area (Å²) in [5.74, 6) is 0.475. The smallest absolute Gasteiger partial charge is 0.188 e. The number of carbonyl (C=O) groups is 1. The second-order valence-electron chi connectivity index (χ2n) is 3.14. The monoisotopic (exact) mass is 222 g/mol. The molecule has 0 atom stereocenters. The van der Waals surface area contributed by atoms with Gasteiger partial charge < -0.3 is 5.73 Å². The van der Waals surface area contributed by atoms with Gasteiger partial charge in [0.05, 0.1) is 12.2 Å². The Morgan fingerprint density at radius 2 is 2.47 bits per heavy atom. The molecule has 0 spiro atoms. The second-order valence-corrected chi connectivity index (χ2v) is 4.00. The minimum absolute atomic E-state index is 0.00812. The lowest BCUT2D eigenvalue weighted by atomic mass is 10.4. The fourth-order valence-electron chi connectivity index (χ4n) is 1.17. The molecule has 2 heterocycles. The summed E-state index contributed by atoms with van der Waals surface area (Å²) in [7, 11) is 0. The van der Waals surface area contributed by atoms with Gasteiger partial charge in [-0.1, -0.05) is 0 Å². The maximum atomic E-state index is 11.0. The first-order chi connectivity index (χ1) is 7.15. The van der Waals surface area contributed by atoms with Gasteiger partial charge in [-0.3, -0.25) is 9.48 Å². The van der Waals surface area contributed by atoms with Crippen molar-refractivity contribution in [2.75, 3.05) is 5.73 Å². The summed E-state index contributed by atoms with van der Waals surface area (Å²) in [6.07, 6.45) is 1.78. The zero-order valence-corrected chi connectivity index (χ0v) is 8.99. The van der Waals surface area contributed by atoms with Gasteiger partial charge in [0.2, 0.25) is 0 Å². The highest BCUT2D eigenvalue weighted by molar-refractivity contribution is 7.11. The van der Waals surface area contributed by atoms with Gasteiger partial charge in [0, 0.05) is 18.5 Å². The third-order valence-electron chi connectivity index (χ3n) is 1.84. The Hall–Kier alpha value is -1.69. The molecule has 0 radical (unpaired) electrons. The van der Waals surface area contributed by atoms with E-state index >= 15 is 0 Å². The first-order valence-corrected chi connectivity index (χ1v) is 5.27. The third-order valence-corrected chi connectivity index (χ3v) is 2.83. The van der Waals surface area contributed by atoms with Gasteiger partial charge in [0.1, 0.15) is 5.82 Å². The van der Waals surface area contributed by atoms with Crippen molar-refractivity contribution in [3.05, 3.63) is 28.3 Å². The molecule has 0 unspecified atom stereocenters. The minimum atomic E-state index is -0.00812. The molecule has 0 bridgehead atoms. The van der Waals surface area contributed by atoms with Gasteiger partial charge in [-0.05, 0) is 6.07 Å². The van der Waals surface area contributed by atoms with E-state index in [-0.39, 0.29) is 5.78 Å². The van der Waals surface area contributed by atoms with Gasteiger partial charge in [-0.15, -0.1) is 11.3 Å². The standard InChI is InChI=1S/C9H10N4OS/c1-6(14)9-11-7(5-15-9)4-13-3-2-8(10)12-13/h2-3,5H,4H2,1H3,(H2,10,12). The fraction of sp³-hybridized carbons (Fsp3) is 0.222. The van der Waals surface area contributed by atoms with E-state index in [4.69, 9.17) is 5.73 Å². The van der Waals surface area contributed by atoms with Crippen LogP contribution in [0.15, 0.2) is 17.6 Å². The quantitative estimate of drug-likeness (QED) is 0.791. The number of rotatable bonds is 3. The van der Waals surface area contributed by atoms with Crippen LogP contribution in [-0.4, -0.2) is 20.5 Å². The summed E-state index contributed by atoms with van der Waals surface area (Å²) in [6, 6.07) is 1.72. The number of hydrogen-bond acceptors (Lipinski definition) is 5. The molecule has 0 fully saturated rings. The predicted octanol–water partition coefficient (Wildman–Crippen LogP) is 1.17. The number of carbonyl (C=O) groups excluding carboxylic acids is 1. The molecule has 2 N–H and O–H groups in total. The van der Waals surface area contributed by atoms with Crippen molar-refractivity contribution in [1.29, 1.82) is 0 Å². The van der Waals surface area contributed by atoms with Crippen LogP contribution in [0.4, 0.5) is 5.82 Å². The molecule has 15 heavy (non-hydrogen) atoms. The van der Waals surface area contributed by atoms with E-state index in [1.165, 1.54) is 18.3 Å². The number of ketones is 1. The van der Waals surface area contributed by atoms with E-state index in [9.17, 15) is 4.79 Å². The van der Waals surface area contributed by atoms with Gasteiger partial charge in [0.15, 0.2) is 10.8 Å². The Bertz CT molecular complexity index is 488. The molecule has 2 aromatic rings. The van der Waals surface area contributed by atoms with Crippen molar-refractivity contribution < 1.29 is 4.79 Å². The Morgan fingerprint density at radius 3 is 3.00 bits per heavy atom. The zero-order chi connectivity index (χ0) is 10.8. The highest BCUT2D eigenvalue weighted by atomic mass is 32.1. The Labute approximate surface area is 90.6 Å². The number of aromatic nitrogens is 3. The molecule has 0 aromatic carbocycles. The zero-order valence-electron chi connectivity index (χ0n) is 8.17. The van der Waals surface area contributed by atoms with Crippen molar-refractivity contribution in [1.82, 2.24) is 14.8 Å². The Kier molecular flexibility index (Phi) is 2.51. The molecule has 0 aliphatic heterocycles. The predicted molar refractivity (Wildman–Crippen MR) is 57.9 cm³/mol. The van der Waals surface area contributed by atoms with Crippen molar-refractivity contribution >= 4 is 22.9 Å². The molecule has 0 saturated carbocycles. The van der Waals surface area contributed by atoms with Crippen LogP contribution in [0.25, 0.3) is 0 Å². The van der Waals surface area contributed by atoms with E-state index in [2.05, 4.69) is 10.1 Å². The molecule has 0 aliphatic rings. The van der Waals surface area contributed by atoms with Crippen LogP contribution < -0.4 is 5.73 Å². The van der Waals surface area contributed by atoms with Gasteiger partial charge in [-0.2, -0.15) is 5.10 Å². The number of anilines is 1. The number of hydrogen-bond donors (Lipinski definition) is 1. The maximum Gasteiger partial charge on any atom is 0.188 e. The molecule has 78 valence electrons. The molecule has 6 heteroatoms. The topological polar surface area (TPSA) is 73.8 Å². The van der Waals surface area contributed by atoms with Crippen molar-refractivity contribution in [2.45, 2.75) is 13.5 Å². The van der Waals surface area contributed by atoms with Crippen molar-refractivity contribution in [2.24, 2.45) is 0 Å². The summed E-state index contributed by atoms with van der Waals surface area (Å²) in [4.78, 5) is 15.2. The average molecular weight is 222 g/mol. The maximum absolute atomic E-state index is 11.0. The first kappa shape index (κ1) is 9.85. The normalized spacial score (nSPS) is 10.5. The molecule has 2 aromatic heterocycles. The third kappa shape index (κ3) is 2.21. The Morgan fingerprint density at radius 1 is 1.67 bits per heavy atom. The van der Waals surface area contributed by atoms with Crippen LogP contribution >= 0.6 is 11.3 Å². The summed E-state index contributed by atoms with van der Waals surface area (Å²) in [6.45, 7) is 2.05. The SMILES string of the molecule is CC(=O)c1nc(Cn2ccc(N)n2)cs1. The Balaban J connectivity index is 2.14. The van der Waals surface area contributed by atoms with E-state index in [1.807, 2.05) is 5.38 Å². The lowest BCUT2D eigenvalue weighted by Crippen LogP contribution is -2.02. The molecular weight excluding hydrogens is 212 g/mol. The number of nitrogen functional groups attached to an aromatic ring is 1. The van der Waals surface area contributed by atoms with Crippen molar-refractivity contribution in [3.63, 3.8) is 0 Å². The number of nitrogens with zero attached hydrogens (tertiary/aromatic N) is 3. The minimum Gasteiger partial charge on any atom is -0.382 e. The van der Waals surface area contributed by atoms with E-state index < -0.39 is 0 Å². The summed E-state index contributed by atoms with van der Waals surface area (Å²) >= 11 is 1.35. The van der Waals surface area contributed by atoms with Crippen LogP contribution in [0.2, 0.25) is 0 Å². The summed E-state index contributed by atoms with van der Waals surface area (Å²) in [5, 5.41) is 6.42. The van der Waals surface area contributed by atoms with Crippen LogP contribution in [0.3, 0.4) is 0 Å². The first-order valence-electron chi connectivity index (χ1n) is 4.39. The van der Waals surface area contributed by atoms with Crippen molar-refractivity contribution in [3.8, 4) is 0 Å².